The van der Waals surface area contributed by atoms with Gasteiger partial charge in [0.2, 0.25) is 5.91 Å². The number of carbonyl (C=O) groups is 1. The maximum Gasteiger partial charge on any atom is 0.231 e. The summed E-state index contributed by atoms with van der Waals surface area (Å²) in [6.45, 7) is 2.06. The predicted molar refractivity (Wildman–Crippen MR) is 79.1 cm³/mol. The fourth-order valence-corrected chi connectivity index (χ4v) is 2.19. The lowest BCUT2D eigenvalue weighted by atomic mass is 9.93. The van der Waals surface area contributed by atoms with Crippen LogP contribution >= 0.6 is 0 Å². The Labute approximate surface area is 118 Å². The van der Waals surface area contributed by atoms with Crippen molar-refractivity contribution in [2.24, 2.45) is 0 Å². The summed E-state index contributed by atoms with van der Waals surface area (Å²) < 4.78 is 12.9. The molecular weight excluding hydrogens is 253 g/mol. The van der Waals surface area contributed by atoms with Gasteiger partial charge in [-0.1, -0.05) is 43.7 Å². The van der Waals surface area contributed by atoms with Crippen LogP contribution in [0, 0.1) is 5.82 Å². The summed E-state index contributed by atoms with van der Waals surface area (Å²) in [6.07, 6.45) is 1.72. The molecule has 0 saturated carbocycles. The van der Waals surface area contributed by atoms with Crippen molar-refractivity contribution in [1.82, 2.24) is 0 Å². The van der Waals surface area contributed by atoms with Crippen LogP contribution < -0.4 is 5.32 Å². The molecule has 2 nitrogen and oxygen atoms in total. The van der Waals surface area contributed by atoms with Crippen LogP contribution in [-0.2, 0) is 4.79 Å². The lowest BCUT2D eigenvalue weighted by Gasteiger charge is -2.16. The number of hydrogen-bond donors (Lipinski definition) is 1. The van der Waals surface area contributed by atoms with Crippen LogP contribution in [0.4, 0.5) is 10.1 Å². The Morgan fingerprint density at radius 3 is 2.35 bits per heavy atom. The third kappa shape index (κ3) is 3.67. The molecule has 0 aliphatic heterocycles. The smallest absolute Gasteiger partial charge is 0.231 e. The minimum absolute atomic E-state index is 0.0512. The molecule has 1 N–H and O–H groups in total. The van der Waals surface area contributed by atoms with E-state index in [-0.39, 0.29) is 17.6 Å². The van der Waals surface area contributed by atoms with E-state index in [0.717, 1.165) is 18.4 Å². The molecule has 0 spiro atoms. The zero-order chi connectivity index (χ0) is 14.4. The SMILES string of the molecule is CCCC(C(=O)Nc1ccc(F)cc1)c1ccccc1. The average Bonchev–Trinajstić information content (AvgIpc) is 2.48. The fourth-order valence-electron chi connectivity index (χ4n) is 2.19. The van der Waals surface area contributed by atoms with Crippen LogP contribution in [0.25, 0.3) is 0 Å². The van der Waals surface area contributed by atoms with Gasteiger partial charge in [0, 0.05) is 5.69 Å². The summed E-state index contributed by atoms with van der Waals surface area (Å²) in [5.74, 6) is -0.535. The lowest BCUT2D eigenvalue weighted by molar-refractivity contribution is -0.117. The maximum atomic E-state index is 12.9. The second-order valence-electron chi connectivity index (χ2n) is 4.75. The monoisotopic (exact) mass is 271 g/mol. The molecule has 0 radical (unpaired) electrons. The summed E-state index contributed by atoms with van der Waals surface area (Å²) in [5.41, 5.74) is 1.63. The van der Waals surface area contributed by atoms with E-state index < -0.39 is 0 Å². The van der Waals surface area contributed by atoms with E-state index in [9.17, 15) is 9.18 Å². The van der Waals surface area contributed by atoms with Gasteiger partial charge in [-0.05, 0) is 36.2 Å². The Hall–Kier alpha value is -2.16. The van der Waals surface area contributed by atoms with Crippen molar-refractivity contribution in [3.63, 3.8) is 0 Å². The van der Waals surface area contributed by atoms with Crippen molar-refractivity contribution in [3.05, 3.63) is 66.0 Å². The summed E-state index contributed by atoms with van der Waals surface area (Å²) in [7, 11) is 0. The minimum atomic E-state index is -0.309. The van der Waals surface area contributed by atoms with Crippen molar-refractivity contribution >= 4 is 11.6 Å². The second-order valence-corrected chi connectivity index (χ2v) is 4.75. The Bertz CT molecular complexity index is 551. The van der Waals surface area contributed by atoms with Crippen molar-refractivity contribution in [1.29, 1.82) is 0 Å². The topological polar surface area (TPSA) is 29.1 Å². The van der Waals surface area contributed by atoms with E-state index in [0.29, 0.717) is 5.69 Å². The molecule has 0 bridgehead atoms. The van der Waals surface area contributed by atoms with Crippen molar-refractivity contribution in [2.75, 3.05) is 5.32 Å². The van der Waals surface area contributed by atoms with E-state index in [1.54, 1.807) is 12.1 Å². The number of hydrogen-bond acceptors (Lipinski definition) is 1. The van der Waals surface area contributed by atoms with E-state index in [2.05, 4.69) is 12.2 Å². The normalized spacial score (nSPS) is 11.9. The van der Waals surface area contributed by atoms with Crippen molar-refractivity contribution < 1.29 is 9.18 Å². The minimum Gasteiger partial charge on any atom is -0.326 e. The Kier molecular flexibility index (Phi) is 4.88. The molecule has 1 amide bonds. The standard InChI is InChI=1S/C17H18FNO/c1-2-6-16(13-7-4-3-5-8-13)17(20)19-15-11-9-14(18)10-12-15/h3-5,7-12,16H,2,6H2,1H3,(H,19,20). The van der Waals surface area contributed by atoms with Gasteiger partial charge in [-0.2, -0.15) is 0 Å². The number of halogens is 1. The highest BCUT2D eigenvalue weighted by atomic mass is 19.1. The van der Waals surface area contributed by atoms with Gasteiger partial charge in [0.1, 0.15) is 5.82 Å². The van der Waals surface area contributed by atoms with Crippen LogP contribution in [0.3, 0.4) is 0 Å². The van der Waals surface area contributed by atoms with Gasteiger partial charge in [-0.15, -0.1) is 0 Å². The number of nitrogens with one attached hydrogen (secondary N) is 1. The number of amides is 1. The van der Waals surface area contributed by atoms with Gasteiger partial charge in [0.05, 0.1) is 5.92 Å². The molecule has 104 valence electrons. The number of anilines is 1. The summed E-state index contributed by atoms with van der Waals surface area (Å²) in [6, 6.07) is 15.5. The van der Waals surface area contributed by atoms with E-state index in [4.69, 9.17) is 0 Å². The Morgan fingerprint density at radius 1 is 1.10 bits per heavy atom. The van der Waals surface area contributed by atoms with E-state index >= 15 is 0 Å². The zero-order valence-corrected chi connectivity index (χ0v) is 11.5. The third-order valence-corrected chi connectivity index (χ3v) is 3.21. The first-order valence-electron chi connectivity index (χ1n) is 6.82. The first-order valence-corrected chi connectivity index (χ1v) is 6.82. The molecule has 2 aromatic rings. The molecule has 0 aliphatic rings. The molecule has 2 rings (SSSR count). The van der Waals surface area contributed by atoms with Crippen LogP contribution in [0.5, 0.6) is 0 Å². The van der Waals surface area contributed by atoms with Gasteiger partial charge < -0.3 is 5.32 Å². The van der Waals surface area contributed by atoms with Crippen LogP contribution in [0.1, 0.15) is 31.2 Å². The van der Waals surface area contributed by atoms with Gasteiger partial charge in [-0.3, -0.25) is 4.79 Å². The second kappa shape index (κ2) is 6.85. The van der Waals surface area contributed by atoms with Crippen molar-refractivity contribution in [2.45, 2.75) is 25.7 Å². The summed E-state index contributed by atoms with van der Waals surface area (Å²) in [4.78, 5) is 12.4. The third-order valence-electron chi connectivity index (χ3n) is 3.21. The first kappa shape index (κ1) is 14.3. The van der Waals surface area contributed by atoms with Gasteiger partial charge in [0.25, 0.3) is 0 Å². The number of carbonyl (C=O) groups excluding carboxylic acids is 1. The van der Waals surface area contributed by atoms with Gasteiger partial charge in [-0.25, -0.2) is 4.39 Å². The average molecular weight is 271 g/mol. The Balaban J connectivity index is 2.13. The van der Waals surface area contributed by atoms with Gasteiger partial charge in [0.15, 0.2) is 0 Å². The molecule has 0 saturated heterocycles. The lowest BCUT2D eigenvalue weighted by Crippen LogP contribution is -2.21. The zero-order valence-electron chi connectivity index (χ0n) is 11.5. The highest BCUT2D eigenvalue weighted by molar-refractivity contribution is 5.95. The van der Waals surface area contributed by atoms with Crippen LogP contribution in [0.15, 0.2) is 54.6 Å². The molecule has 2 aromatic carbocycles. The molecule has 1 atom stereocenters. The molecular formula is C17H18FNO. The first-order chi connectivity index (χ1) is 9.70. The molecule has 0 fully saturated rings. The highest BCUT2D eigenvalue weighted by Crippen LogP contribution is 2.23. The maximum absolute atomic E-state index is 12.9. The predicted octanol–water partition coefficient (Wildman–Crippen LogP) is 4.35. The number of benzene rings is 2. The van der Waals surface area contributed by atoms with E-state index in [1.807, 2.05) is 30.3 Å². The van der Waals surface area contributed by atoms with E-state index in [1.165, 1.54) is 12.1 Å². The van der Waals surface area contributed by atoms with Crippen molar-refractivity contribution in [3.8, 4) is 0 Å². The van der Waals surface area contributed by atoms with Crippen LogP contribution in [-0.4, -0.2) is 5.91 Å². The number of rotatable bonds is 5. The quantitative estimate of drug-likeness (QED) is 0.860. The molecule has 0 aromatic heterocycles. The Morgan fingerprint density at radius 2 is 1.75 bits per heavy atom. The molecule has 0 heterocycles. The molecule has 0 aliphatic carbocycles. The largest absolute Gasteiger partial charge is 0.326 e. The molecule has 3 heteroatoms. The summed E-state index contributed by atoms with van der Waals surface area (Å²) >= 11 is 0. The summed E-state index contributed by atoms with van der Waals surface area (Å²) in [5, 5.41) is 2.85. The molecule has 20 heavy (non-hydrogen) atoms. The fraction of sp³-hybridized carbons (Fsp3) is 0.235. The van der Waals surface area contributed by atoms with Gasteiger partial charge >= 0.3 is 0 Å². The molecule has 1 unspecified atom stereocenters. The highest BCUT2D eigenvalue weighted by Gasteiger charge is 2.19. The van der Waals surface area contributed by atoms with Crippen LogP contribution in [0.2, 0.25) is 0 Å².